The van der Waals surface area contributed by atoms with Crippen molar-refractivity contribution in [2.24, 2.45) is 17.8 Å². The summed E-state index contributed by atoms with van der Waals surface area (Å²) < 4.78 is 0. The van der Waals surface area contributed by atoms with Gasteiger partial charge in [-0.15, -0.1) is 11.3 Å². The van der Waals surface area contributed by atoms with Gasteiger partial charge in [-0.25, -0.2) is 0 Å². The van der Waals surface area contributed by atoms with Crippen LogP contribution in [0.3, 0.4) is 0 Å². The fourth-order valence-electron chi connectivity index (χ4n) is 3.90. The van der Waals surface area contributed by atoms with Crippen LogP contribution in [-0.2, 0) is 4.79 Å². The van der Waals surface area contributed by atoms with Crippen molar-refractivity contribution < 1.29 is 9.59 Å². The number of nitrogens with zero attached hydrogens (tertiary/aromatic N) is 1. The van der Waals surface area contributed by atoms with Crippen LogP contribution in [0, 0.1) is 24.7 Å². The molecular weight excluding hydrogens is 346 g/mol. The molecule has 1 saturated heterocycles. The minimum atomic E-state index is -0.0280. The van der Waals surface area contributed by atoms with Crippen molar-refractivity contribution in [2.75, 3.05) is 31.5 Å². The first-order valence-corrected chi connectivity index (χ1v) is 10.7. The van der Waals surface area contributed by atoms with Crippen molar-refractivity contribution in [1.29, 1.82) is 0 Å². The van der Waals surface area contributed by atoms with Crippen LogP contribution in [0.25, 0.3) is 0 Å². The van der Waals surface area contributed by atoms with Crippen LogP contribution in [0.1, 0.15) is 54.8 Å². The highest BCUT2D eigenvalue weighted by Crippen LogP contribution is 2.32. The molecule has 144 valence electrons. The predicted molar refractivity (Wildman–Crippen MR) is 107 cm³/mol. The van der Waals surface area contributed by atoms with Crippen molar-refractivity contribution in [3.63, 3.8) is 0 Å². The summed E-state index contributed by atoms with van der Waals surface area (Å²) >= 11 is 1.37. The van der Waals surface area contributed by atoms with Crippen molar-refractivity contribution in [1.82, 2.24) is 10.2 Å². The van der Waals surface area contributed by atoms with Gasteiger partial charge in [0.25, 0.3) is 5.91 Å². The third kappa shape index (κ3) is 5.30. The Labute approximate surface area is 160 Å². The van der Waals surface area contributed by atoms with E-state index < -0.39 is 0 Å². The van der Waals surface area contributed by atoms with Gasteiger partial charge in [0, 0.05) is 25.6 Å². The molecule has 0 radical (unpaired) electrons. The maximum Gasteiger partial charge on any atom is 0.261 e. The van der Waals surface area contributed by atoms with E-state index in [1.54, 1.807) is 0 Å². The molecule has 2 heterocycles. The number of hydrogen-bond acceptors (Lipinski definition) is 4. The lowest BCUT2D eigenvalue weighted by Gasteiger charge is -2.34. The van der Waals surface area contributed by atoms with E-state index in [0.29, 0.717) is 11.4 Å². The van der Waals surface area contributed by atoms with E-state index in [-0.39, 0.29) is 17.7 Å². The van der Waals surface area contributed by atoms with Gasteiger partial charge in [0.2, 0.25) is 5.91 Å². The molecule has 2 atom stereocenters. The Kier molecular flexibility index (Phi) is 6.35. The quantitative estimate of drug-likeness (QED) is 0.715. The van der Waals surface area contributed by atoms with E-state index in [9.17, 15) is 9.59 Å². The SMILES string of the molecule is Cc1cc(NC(=O)C2CC2)sc1C(=O)NCCCN1CC(C)CC(C)C1. The molecule has 1 saturated carbocycles. The monoisotopic (exact) mass is 377 g/mol. The molecule has 5 nitrogen and oxygen atoms in total. The number of thiophene rings is 1. The Hall–Kier alpha value is -1.40. The summed E-state index contributed by atoms with van der Waals surface area (Å²) in [5, 5.41) is 6.75. The molecule has 2 aliphatic rings. The molecule has 26 heavy (non-hydrogen) atoms. The summed E-state index contributed by atoms with van der Waals surface area (Å²) in [5.41, 5.74) is 0.928. The van der Waals surface area contributed by atoms with Crippen molar-refractivity contribution in [3.8, 4) is 0 Å². The Morgan fingerprint density at radius 1 is 1.23 bits per heavy atom. The number of nitrogens with one attached hydrogen (secondary N) is 2. The number of anilines is 1. The number of aryl methyl sites for hydroxylation is 1. The van der Waals surface area contributed by atoms with Crippen LogP contribution in [0.2, 0.25) is 0 Å². The van der Waals surface area contributed by atoms with Crippen molar-refractivity contribution in [3.05, 3.63) is 16.5 Å². The first kappa shape index (κ1) is 19.4. The number of amides is 2. The van der Waals surface area contributed by atoms with Crippen LogP contribution in [0.15, 0.2) is 6.07 Å². The minimum Gasteiger partial charge on any atom is -0.351 e. The number of likely N-dealkylation sites (tertiary alicyclic amines) is 1. The molecule has 2 amide bonds. The molecule has 2 unspecified atom stereocenters. The van der Waals surface area contributed by atoms with Gasteiger partial charge in [-0.05, 0) is 62.6 Å². The predicted octanol–water partition coefficient (Wildman–Crippen LogP) is 3.50. The second-order valence-corrected chi connectivity index (χ2v) is 9.25. The number of piperidine rings is 1. The van der Waals surface area contributed by atoms with Gasteiger partial charge in [0.05, 0.1) is 9.88 Å². The number of rotatable bonds is 7. The van der Waals surface area contributed by atoms with Gasteiger partial charge >= 0.3 is 0 Å². The molecule has 1 aromatic heterocycles. The van der Waals surface area contributed by atoms with Crippen LogP contribution >= 0.6 is 11.3 Å². The Morgan fingerprint density at radius 3 is 2.58 bits per heavy atom. The highest BCUT2D eigenvalue weighted by molar-refractivity contribution is 7.18. The Bertz CT molecular complexity index is 643. The second kappa shape index (κ2) is 8.53. The lowest BCUT2D eigenvalue weighted by molar-refractivity contribution is -0.117. The largest absolute Gasteiger partial charge is 0.351 e. The zero-order valence-electron chi connectivity index (χ0n) is 16.1. The van der Waals surface area contributed by atoms with E-state index in [1.807, 2.05) is 13.0 Å². The molecule has 2 fully saturated rings. The lowest BCUT2D eigenvalue weighted by atomic mass is 9.92. The molecule has 0 spiro atoms. The van der Waals surface area contributed by atoms with Crippen molar-refractivity contribution >= 4 is 28.2 Å². The first-order valence-electron chi connectivity index (χ1n) is 9.84. The van der Waals surface area contributed by atoms with Crippen LogP contribution in [-0.4, -0.2) is 42.9 Å². The third-order valence-corrected chi connectivity index (χ3v) is 6.35. The van der Waals surface area contributed by atoms with E-state index in [4.69, 9.17) is 0 Å². The first-order chi connectivity index (χ1) is 12.4. The molecule has 2 N–H and O–H groups in total. The number of carbonyl (C=O) groups is 2. The average molecular weight is 378 g/mol. The van der Waals surface area contributed by atoms with E-state index in [1.165, 1.54) is 30.8 Å². The summed E-state index contributed by atoms with van der Waals surface area (Å²) in [6.07, 6.45) is 4.27. The standard InChI is InChI=1S/C20H31N3O2S/c1-13-9-14(2)12-23(11-13)8-4-7-21-20(25)18-15(3)10-17(26-18)22-19(24)16-5-6-16/h10,13-14,16H,4-9,11-12H2,1-3H3,(H,21,25)(H,22,24). The molecule has 1 aliphatic heterocycles. The van der Waals surface area contributed by atoms with Crippen LogP contribution in [0.4, 0.5) is 5.00 Å². The highest BCUT2D eigenvalue weighted by atomic mass is 32.1. The fourth-order valence-corrected chi connectivity index (χ4v) is 4.89. The maximum absolute atomic E-state index is 12.4. The second-order valence-electron chi connectivity index (χ2n) is 8.20. The van der Waals surface area contributed by atoms with Gasteiger partial charge in [-0.1, -0.05) is 13.8 Å². The van der Waals surface area contributed by atoms with Crippen LogP contribution < -0.4 is 10.6 Å². The number of carbonyl (C=O) groups excluding carboxylic acids is 2. The average Bonchev–Trinajstić information content (AvgIpc) is 3.35. The fraction of sp³-hybridized carbons (Fsp3) is 0.700. The summed E-state index contributed by atoms with van der Waals surface area (Å²) in [6.45, 7) is 10.7. The molecular formula is C20H31N3O2S. The van der Waals surface area contributed by atoms with Crippen LogP contribution in [0.5, 0.6) is 0 Å². The topological polar surface area (TPSA) is 61.4 Å². The molecule has 1 aliphatic carbocycles. The van der Waals surface area contributed by atoms with Gasteiger partial charge in [-0.2, -0.15) is 0 Å². The number of hydrogen-bond donors (Lipinski definition) is 2. The van der Waals surface area contributed by atoms with Gasteiger partial charge < -0.3 is 15.5 Å². The highest BCUT2D eigenvalue weighted by Gasteiger charge is 2.30. The molecule has 0 bridgehead atoms. The smallest absolute Gasteiger partial charge is 0.261 e. The Balaban J connectivity index is 1.41. The molecule has 6 heteroatoms. The van der Waals surface area contributed by atoms with E-state index >= 15 is 0 Å². The third-order valence-electron chi connectivity index (χ3n) is 5.20. The zero-order valence-corrected chi connectivity index (χ0v) is 17.0. The normalized spacial score (nSPS) is 23.7. The summed E-state index contributed by atoms with van der Waals surface area (Å²) in [6, 6.07) is 1.90. The summed E-state index contributed by atoms with van der Waals surface area (Å²) in [7, 11) is 0. The van der Waals surface area contributed by atoms with Gasteiger partial charge in [0.15, 0.2) is 0 Å². The summed E-state index contributed by atoms with van der Waals surface area (Å²) in [5.74, 6) is 1.77. The van der Waals surface area contributed by atoms with E-state index in [2.05, 4.69) is 29.4 Å². The zero-order chi connectivity index (χ0) is 18.7. The summed E-state index contributed by atoms with van der Waals surface area (Å²) in [4.78, 5) is 27.5. The van der Waals surface area contributed by atoms with Crippen molar-refractivity contribution in [2.45, 2.75) is 46.5 Å². The molecule has 3 rings (SSSR count). The van der Waals surface area contributed by atoms with E-state index in [0.717, 1.165) is 48.2 Å². The molecule has 1 aromatic rings. The van der Waals surface area contributed by atoms with Gasteiger partial charge in [0.1, 0.15) is 0 Å². The maximum atomic E-state index is 12.4. The lowest BCUT2D eigenvalue weighted by Crippen LogP contribution is -2.40. The minimum absolute atomic E-state index is 0.0280. The Morgan fingerprint density at radius 2 is 1.92 bits per heavy atom. The van der Waals surface area contributed by atoms with Gasteiger partial charge in [-0.3, -0.25) is 9.59 Å². The molecule has 0 aromatic carbocycles.